The Morgan fingerprint density at radius 2 is 0.922 bits per heavy atom. The Hall–Kier alpha value is -4.95. The average molecular weight is 872 g/mol. The zero-order chi connectivity index (χ0) is 44.2. The van der Waals surface area contributed by atoms with Crippen molar-refractivity contribution in [3.8, 4) is 0 Å². The number of ether oxygens (including phenoxy) is 9. The molecule has 12 heteroatoms. The Bertz CT molecular complexity index is 2080. The second kappa shape index (κ2) is 25.5. The molecule has 2 aliphatic heterocycles. The summed E-state index contributed by atoms with van der Waals surface area (Å²) in [5.74, 6) is -0.0304. The van der Waals surface area contributed by atoms with Crippen molar-refractivity contribution in [3.63, 3.8) is 0 Å². The molecule has 2 heterocycles. The fourth-order valence-electron chi connectivity index (χ4n) is 8.18. The summed E-state index contributed by atoms with van der Waals surface area (Å²) in [6.45, 7) is 6.51. The van der Waals surface area contributed by atoms with Gasteiger partial charge in [0.1, 0.15) is 30.5 Å². The Labute approximate surface area is 377 Å². The average Bonchev–Trinajstić information content (AvgIpc) is 3.34. The van der Waals surface area contributed by atoms with Crippen LogP contribution >= 0.6 is 0 Å². The van der Waals surface area contributed by atoms with Crippen LogP contribution in [0.15, 0.2) is 157 Å². The molecule has 64 heavy (non-hydrogen) atoms. The number of hydrogen-bond donors (Lipinski definition) is 0. The van der Waals surface area contributed by atoms with E-state index in [-0.39, 0.29) is 45.0 Å². The maximum atomic E-state index is 8.94. The van der Waals surface area contributed by atoms with Gasteiger partial charge in [0.25, 0.3) is 0 Å². The number of nitrogens with zero attached hydrogens (tertiary/aromatic N) is 3. The van der Waals surface area contributed by atoms with Crippen molar-refractivity contribution in [3.05, 3.63) is 190 Å². The van der Waals surface area contributed by atoms with Crippen molar-refractivity contribution in [2.75, 3.05) is 19.8 Å². The molecule has 338 valence electrons. The SMILES string of the molecule is CCC1O[C@@H](O[C@H]2C(OCc3ccccc3)C(OCc3ccccc3)[C@@H](OCCCN=[N+]=[N-])O[C@@H]2COCc2ccccc2)C(OCc2ccccc2)[C@@H](OCc2ccccc2)[C@H]1C. The van der Waals surface area contributed by atoms with Gasteiger partial charge in [0.15, 0.2) is 12.6 Å². The van der Waals surface area contributed by atoms with Gasteiger partial charge < -0.3 is 42.6 Å². The molecule has 0 radical (unpaired) electrons. The topological polar surface area (TPSA) is 132 Å². The first kappa shape index (κ1) is 47.0. The van der Waals surface area contributed by atoms with Crippen molar-refractivity contribution in [2.24, 2.45) is 11.0 Å². The number of azide groups is 1. The second-order valence-electron chi connectivity index (χ2n) is 16.2. The Morgan fingerprint density at radius 1 is 0.500 bits per heavy atom. The third kappa shape index (κ3) is 13.8. The Balaban J connectivity index is 1.25. The van der Waals surface area contributed by atoms with E-state index in [1.807, 2.05) is 140 Å². The van der Waals surface area contributed by atoms with Crippen LogP contribution in [0.3, 0.4) is 0 Å². The van der Waals surface area contributed by atoms with E-state index in [2.05, 4.69) is 36.0 Å². The summed E-state index contributed by atoms with van der Waals surface area (Å²) < 4.78 is 61.8. The standard InChI is InChI=1S/C52H61N3O9/c1-3-44-38(2)46(58-33-40-22-11-5-12-23-40)49(60-35-42-26-15-7-16-27-42)52(62-44)64-47-45(37-56-32-39-20-9-4-10-21-39)63-51(57-31-19-30-54-55-53)50(61-36-43-28-17-8-18-29-43)48(47)59-34-41-24-13-6-14-25-41/h4-18,20-29,38,44-52H,3,19,30-37H2,1-2H3/t38-,44?,45+,46-,47+,48?,49?,50?,51-,52-/m0/s1. The molecule has 0 spiro atoms. The fraction of sp³-hybridized carbons (Fsp3) is 0.423. The summed E-state index contributed by atoms with van der Waals surface area (Å²) in [6.07, 6.45) is -4.92. The van der Waals surface area contributed by atoms with E-state index in [4.69, 9.17) is 48.2 Å². The minimum atomic E-state index is -0.908. The molecule has 4 unspecified atom stereocenters. The molecule has 5 aromatic rings. The molecule has 5 aromatic carbocycles. The van der Waals surface area contributed by atoms with Gasteiger partial charge in [-0.05, 0) is 46.2 Å². The Morgan fingerprint density at radius 3 is 1.39 bits per heavy atom. The van der Waals surface area contributed by atoms with Gasteiger partial charge in [-0.2, -0.15) is 0 Å². The van der Waals surface area contributed by atoms with Gasteiger partial charge in [0.05, 0.1) is 51.8 Å². The van der Waals surface area contributed by atoms with Gasteiger partial charge in [0.2, 0.25) is 0 Å². The molecule has 0 aromatic heterocycles. The van der Waals surface area contributed by atoms with E-state index in [1.54, 1.807) is 0 Å². The lowest BCUT2D eigenvalue weighted by atomic mass is 9.88. The molecule has 10 atom stereocenters. The quantitative estimate of drug-likeness (QED) is 0.0257. The second-order valence-corrected chi connectivity index (χ2v) is 16.2. The van der Waals surface area contributed by atoms with E-state index >= 15 is 0 Å². The van der Waals surface area contributed by atoms with Crippen LogP contribution in [0.1, 0.15) is 54.5 Å². The van der Waals surface area contributed by atoms with Crippen LogP contribution in [0.5, 0.6) is 0 Å². The molecule has 2 fully saturated rings. The van der Waals surface area contributed by atoms with Gasteiger partial charge in [-0.15, -0.1) is 0 Å². The van der Waals surface area contributed by atoms with Crippen LogP contribution in [0.2, 0.25) is 0 Å². The van der Waals surface area contributed by atoms with Crippen LogP contribution < -0.4 is 0 Å². The van der Waals surface area contributed by atoms with Crippen molar-refractivity contribution in [1.29, 1.82) is 0 Å². The number of benzene rings is 5. The third-order valence-electron chi connectivity index (χ3n) is 11.6. The lowest BCUT2D eigenvalue weighted by Gasteiger charge is -2.50. The number of rotatable bonds is 24. The molecule has 0 aliphatic carbocycles. The van der Waals surface area contributed by atoms with Crippen LogP contribution in [-0.4, -0.2) is 75.1 Å². The van der Waals surface area contributed by atoms with Gasteiger partial charge in [-0.25, -0.2) is 0 Å². The summed E-state index contributed by atoms with van der Waals surface area (Å²) in [5.41, 5.74) is 14.0. The highest BCUT2D eigenvalue weighted by Crippen LogP contribution is 2.38. The van der Waals surface area contributed by atoms with E-state index in [0.717, 1.165) is 34.2 Å². The molecule has 0 saturated carbocycles. The predicted molar refractivity (Wildman–Crippen MR) is 242 cm³/mol. The summed E-state index contributed by atoms with van der Waals surface area (Å²) in [4.78, 5) is 2.91. The summed E-state index contributed by atoms with van der Waals surface area (Å²) in [6, 6.07) is 50.2. The molecule has 2 aliphatic rings. The first-order valence-corrected chi connectivity index (χ1v) is 22.4. The third-order valence-corrected chi connectivity index (χ3v) is 11.6. The molecular weight excluding hydrogens is 811 g/mol. The first-order chi connectivity index (χ1) is 31.6. The van der Waals surface area contributed by atoms with Crippen LogP contribution in [0.4, 0.5) is 0 Å². The van der Waals surface area contributed by atoms with Gasteiger partial charge in [0, 0.05) is 24.0 Å². The predicted octanol–water partition coefficient (Wildman–Crippen LogP) is 10.1. The van der Waals surface area contributed by atoms with Gasteiger partial charge in [-0.3, -0.25) is 0 Å². The molecule has 0 N–H and O–H groups in total. The first-order valence-electron chi connectivity index (χ1n) is 22.4. The normalized spacial score (nSPS) is 25.7. The Kier molecular flexibility index (Phi) is 18.7. The zero-order valence-electron chi connectivity index (χ0n) is 36.8. The molecule has 7 rings (SSSR count). The van der Waals surface area contributed by atoms with Gasteiger partial charge >= 0.3 is 0 Å². The molecule has 0 amide bonds. The minimum Gasteiger partial charge on any atom is -0.374 e. The van der Waals surface area contributed by atoms with E-state index < -0.39 is 49.2 Å². The highest BCUT2D eigenvalue weighted by Gasteiger charge is 2.53. The monoisotopic (exact) mass is 871 g/mol. The van der Waals surface area contributed by atoms with E-state index in [0.29, 0.717) is 26.2 Å². The van der Waals surface area contributed by atoms with Crippen LogP contribution in [0.25, 0.3) is 10.4 Å². The van der Waals surface area contributed by atoms with E-state index in [9.17, 15) is 0 Å². The van der Waals surface area contributed by atoms with Crippen LogP contribution in [0, 0.1) is 5.92 Å². The van der Waals surface area contributed by atoms with Crippen molar-refractivity contribution in [1.82, 2.24) is 0 Å². The molecule has 0 bridgehead atoms. The van der Waals surface area contributed by atoms with Crippen molar-refractivity contribution < 1.29 is 42.6 Å². The van der Waals surface area contributed by atoms with Crippen LogP contribution in [-0.2, 0) is 75.7 Å². The zero-order valence-corrected chi connectivity index (χ0v) is 36.8. The minimum absolute atomic E-state index is 0.0304. The highest BCUT2D eigenvalue weighted by atomic mass is 16.8. The molecule has 12 nitrogen and oxygen atoms in total. The van der Waals surface area contributed by atoms with E-state index in [1.165, 1.54) is 0 Å². The van der Waals surface area contributed by atoms with Crippen molar-refractivity contribution in [2.45, 2.75) is 115 Å². The summed E-state index contributed by atoms with van der Waals surface area (Å²) >= 11 is 0. The molecular formula is C52H61N3O9. The lowest BCUT2D eigenvalue weighted by molar-refractivity contribution is -0.370. The fourth-order valence-corrected chi connectivity index (χ4v) is 8.18. The smallest absolute Gasteiger partial charge is 0.187 e. The highest BCUT2D eigenvalue weighted by molar-refractivity contribution is 5.17. The maximum absolute atomic E-state index is 8.94. The lowest BCUT2D eigenvalue weighted by Crippen LogP contribution is -2.65. The maximum Gasteiger partial charge on any atom is 0.187 e. The van der Waals surface area contributed by atoms with Crippen molar-refractivity contribution >= 4 is 0 Å². The number of hydrogen-bond acceptors (Lipinski definition) is 10. The van der Waals surface area contributed by atoms with Gasteiger partial charge in [-0.1, -0.05) is 171 Å². The summed E-state index contributed by atoms with van der Waals surface area (Å²) in [7, 11) is 0. The molecule has 2 saturated heterocycles. The largest absolute Gasteiger partial charge is 0.374 e. The summed E-state index contributed by atoms with van der Waals surface area (Å²) in [5, 5.41) is 3.71.